The Hall–Kier alpha value is -3.48. The first-order chi connectivity index (χ1) is 15.0. The summed E-state index contributed by atoms with van der Waals surface area (Å²) >= 11 is 7.06. The summed E-state index contributed by atoms with van der Waals surface area (Å²) in [5.41, 5.74) is 1.38. The van der Waals surface area contributed by atoms with E-state index in [9.17, 15) is 10.1 Å². The van der Waals surface area contributed by atoms with Crippen LogP contribution in [0.4, 0.5) is 5.13 Å². The number of carbonyl (C=O) groups excluding carboxylic acids is 1. The lowest BCUT2D eigenvalue weighted by Gasteiger charge is -2.11. The highest BCUT2D eigenvalue weighted by molar-refractivity contribution is 7.15. The van der Waals surface area contributed by atoms with Crippen LogP contribution in [0, 0.1) is 11.3 Å². The molecule has 0 radical (unpaired) electrons. The molecular weight excluding hydrogens is 438 g/mol. The lowest BCUT2D eigenvalue weighted by molar-refractivity contribution is -0.112. The van der Waals surface area contributed by atoms with Gasteiger partial charge >= 0.3 is 0 Å². The molecule has 1 N–H and O–H groups in total. The molecule has 0 spiro atoms. The summed E-state index contributed by atoms with van der Waals surface area (Å²) in [7, 11) is 1.51. The van der Waals surface area contributed by atoms with Gasteiger partial charge in [0, 0.05) is 11.8 Å². The molecule has 0 aliphatic carbocycles. The van der Waals surface area contributed by atoms with Gasteiger partial charge in [-0.3, -0.25) is 10.1 Å². The number of halogens is 1. The molecule has 0 saturated heterocycles. The second kappa shape index (κ2) is 10.5. The molecule has 1 amide bonds. The van der Waals surface area contributed by atoms with E-state index in [-0.39, 0.29) is 12.2 Å². The van der Waals surface area contributed by atoms with E-state index in [0.29, 0.717) is 27.3 Å². The van der Waals surface area contributed by atoms with Crippen molar-refractivity contribution >= 4 is 40.1 Å². The van der Waals surface area contributed by atoms with E-state index in [1.54, 1.807) is 30.5 Å². The van der Waals surface area contributed by atoms with Crippen LogP contribution in [-0.4, -0.2) is 28.2 Å². The van der Waals surface area contributed by atoms with Crippen LogP contribution in [0.25, 0.3) is 6.08 Å². The number of carbonyl (C=O) groups is 1. The minimum absolute atomic E-state index is 0.0730. The van der Waals surface area contributed by atoms with E-state index in [2.05, 4.69) is 20.5 Å². The van der Waals surface area contributed by atoms with E-state index in [1.807, 2.05) is 19.1 Å². The maximum atomic E-state index is 12.4. The first kappa shape index (κ1) is 22.2. The molecule has 0 aliphatic heterocycles. The minimum Gasteiger partial charge on any atom is -0.493 e. The molecule has 0 saturated carbocycles. The van der Waals surface area contributed by atoms with Gasteiger partial charge in [-0.25, -0.2) is 4.98 Å². The third-order valence-corrected chi connectivity index (χ3v) is 5.24. The number of benzene rings is 1. The van der Waals surface area contributed by atoms with Crippen molar-refractivity contribution in [3.63, 3.8) is 0 Å². The minimum atomic E-state index is -0.559. The number of hydrogen-bond acceptors (Lipinski definition) is 8. The van der Waals surface area contributed by atoms with E-state index in [1.165, 1.54) is 24.5 Å². The fourth-order valence-corrected chi connectivity index (χ4v) is 3.26. The third kappa shape index (κ3) is 6.01. The highest BCUT2D eigenvalue weighted by Gasteiger charge is 2.13. The summed E-state index contributed by atoms with van der Waals surface area (Å²) in [6, 6.07) is 10.5. The highest BCUT2D eigenvalue weighted by Crippen LogP contribution is 2.30. The molecule has 0 aliphatic rings. The SMILES string of the molecule is CCc1nnc(NC(=O)C(C#N)=Cc2ccc(OCc3ccc(Cl)nc3)c(OC)c2)s1. The summed E-state index contributed by atoms with van der Waals surface area (Å²) in [5.74, 6) is 0.416. The number of rotatable bonds is 8. The van der Waals surface area contributed by atoms with Gasteiger partial charge in [-0.1, -0.05) is 42.0 Å². The van der Waals surface area contributed by atoms with Gasteiger partial charge in [0.2, 0.25) is 5.13 Å². The van der Waals surface area contributed by atoms with E-state index < -0.39 is 5.91 Å². The third-order valence-electron chi connectivity index (χ3n) is 4.04. The van der Waals surface area contributed by atoms with Crippen LogP contribution in [0.15, 0.2) is 42.1 Å². The fraction of sp³-hybridized carbons (Fsp3) is 0.190. The molecule has 158 valence electrons. The average molecular weight is 456 g/mol. The Balaban J connectivity index is 1.73. The van der Waals surface area contributed by atoms with Crippen molar-refractivity contribution in [3.05, 3.63) is 63.4 Å². The number of nitrogens with one attached hydrogen (secondary N) is 1. The van der Waals surface area contributed by atoms with Crippen LogP contribution in [0.1, 0.15) is 23.1 Å². The van der Waals surface area contributed by atoms with Crippen LogP contribution < -0.4 is 14.8 Å². The molecule has 1 aromatic carbocycles. The molecule has 2 aromatic heterocycles. The van der Waals surface area contributed by atoms with Gasteiger partial charge in [-0.05, 0) is 36.3 Å². The van der Waals surface area contributed by atoms with Crippen molar-refractivity contribution in [2.75, 3.05) is 12.4 Å². The summed E-state index contributed by atoms with van der Waals surface area (Å²) in [4.78, 5) is 16.4. The molecule has 0 bridgehead atoms. The van der Waals surface area contributed by atoms with Gasteiger partial charge < -0.3 is 9.47 Å². The Morgan fingerprint density at radius 2 is 2.13 bits per heavy atom. The van der Waals surface area contributed by atoms with Gasteiger partial charge in [0.05, 0.1) is 7.11 Å². The number of pyridine rings is 1. The topological polar surface area (TPSA) is 110 Å². The smallest absolute Gasteiger partial charge is 0.268 e. The molecular formula is C21H18ClN5O3S. The number of nitrogens with zero attached hydrogens (tertiary/aromatic N) is 4. The first-order valence-electron chi connectivity index (χ1n) is 9.19. The molecule has 10 heteroatoms. The summed E-state index contributed by atoms with van der Waals surface area (Å²) in [6.07, 6.45) is 3.81. The normalized spacial score (nSPS) is 11.0. The molecule has 8 nitrogen and oxygen atoms in total. The van der Waals surface area contributed by atoms with Crippen LogP contribution in [0.3, 0.4) is 0 Å². The van der Waals surface area contributed by atoms with Crippen molar-refractivity contribution < 1.29 is 14.3 Å². The van der Waals surface area contributed by atoms with Gasteiger partial charge in [-0.15, -0.1) is 10.2 Å². The molecule has 3 rings (SSSR count). The van der Waals surface area contributed by atoms with Crippen molar-refractivity contribution in [1.82, 2.24) is 15.2 Å². The standard InChI is InChI=1S/C21H18ClN5O3S/c1-3-19-26-27-21(31-19)25-20(28)15(10-23)8-13-4-6-16(17(9-13)29-2)30-12-14-5-7-18(22)24-11-14/h4-9,11H,3,12H2,1-2H3,(H,25,27,28). The monoisotopic (exact) mass is 455 g/mol. The predicted octanol–water partition coefficient (Wildman–Crippen LogP) is 4.28. The van der Waals surface area contributed by atoms with Crippen molar-refractivity contribution in [2.45, 2.75) is 20.0 Å². The number of ether oxygens (including phenoxy) is 2. The molecule has 0 fully saturated rings. The number of amides is 1. The average Bonchev–Trinajstić information content (AvgIpc) is 3.24. The van der Waals surface area contributed by atoms with E-state index >= 15 is 0 Å². The second-order valence-corrected chi connectivity index (χ2v) is 7.62. The van der Waals surface area contributed by atoms with Crippen molar-refractivity contribution in [3.8, 4) is 17.6 Å². The maximum absolute atomic E-state index is 12.4. The van der Waals surface area contributed by atoms with Gasteiger partial charge in [-0.2, -0.15) is 5.26 Å². The number of aromatic nitrogens is 3. The number of nitriles is 1. The molecule has 2 heterocycles. The lowest BCUT2D eigenvalue weighted by Crippen LogP contribution is -2.13. The Labute approximate surface area is 188 Å². The number of aryl methyl sites for hydroxylation is 1. The number of anilines is 1. The van der Waals surface area contributed by atoms with Gasteiger partial charge in [0.1, 0.15) is 28.4 Å². The van der Waals surface area contributed by atoms with Gasteiger partial charge in [0.15, 0.2) is 11.5 Å². The van der Waals surface area contributed by atoms with Crippen LogP contribution in [-0.2, 0) is 17.8 Å². The van der Waals surface area contributed by atoms with Crippen LogP contribution >= 0.6 is 22.9 Å². The van der Waals surface area contributed by atoms with E-state index in [4.69, 9.17) is 21.1 Å². The Morgan fingerprint density at radius 3 is 2.77 bits per heavy atom. The zero-order valence-corrected chi connectivity index (χ0v) is 18.3. The summed E-state index contributed by atoms with van der Waals surface area (Å²) in [5, 5.41) is 21.4. The predicted molar refractivity (Wildman–Crippen MR) is 118 cm³/mol. The van der Waals surface area contributed by atoms with E-state index in [0.717, 1.165) is 17.0 Å². The quantitative estimate of drug-likeness (QED) is 0.306. The zero-order chi connectivity index (χ0) is 22.2. The Kier molecular flexibility index (Phi) is 7.54. The maximum Gasteiger partial charge on any atom is 0.268 e. The molecule has 0 atom stereocenters. The Morgan fingerprint density at radius 1 is 1.29 bits per heavy atom. The van der Waals surface area contributed by atoms with Gasteiger partial charge in [0.25, 0.3) is 5.91 Å². The van der Waals surface area contributed by atoms with Crippen LogP contribution in [0.5, 0.6) is 11.5 Å². The van der Waals surface area contributed by atoms with Crippen molar-refractivity contribution in [2.24, 2.45) is 0 Å². The molecule has 31 heavy (non-hydrogen) atoms. The highest BCUT2D eigenvalue weighted by atomic mass is 35.5. The second-order valence-electron chi connectivity index (χ2n) is 6.17. The number of hydrogen-bond donors (Lipinski definition) is 1. The number of methoxy groups -OCH3 is 1. The Bertz CT molecular complexity index is 1140. The summed E-state index contributed by atoms with van der Waals surface area (Å²) in [6.45, 7) is 2.23. The van der Waals surface area contributed by atoms with Crippen molar-refractivity contribution in [1.29, 1.82) is 5.26 Å². The molecule has 3 aromatic rings. The largest absolute Gasteiger partial charge is 0.493 e. The van der Waals surface area contributed by atoms with Crippen LogP contribution in [0.2, 0.25) is 5.15 Å². The first-order valence-corrected chi connectivity index (χ1v) is 10.4. The fourth-order valence-electron chi connectivity index (χ4n) is 2.47. The molecule has 0 unspecified atom stereocenters. The zero-order valence-electron chi connectivity index (χ0n) is 16.8. The lowest BCUT2D eigenvalue weighted by atomic mass is 10.1. The summed E-state index contributed by atoms with van der Waals surface area (Å²) < 4.78 is 11.2.